The highest BCUT2D eigenvalue weighted by Gasteiger charge is 2.32. The molecule has 0 aromatic heterocycles. The van der Waals surface area contributed by atoms with E-state index < -0.39 is 9.90 Å². The maximum Gasteiger partial charge on any atom is 0.220 e. The molecule has 1 N–H and O–H groups in total. The van der Waals surface area contributed by atoms with Gasteiger partial charge in [-0.25, -0.2) is 0 Å². The van der Waals surface area contributed by atoms with Crippen LogP contribution in [-0.4, -0.2) is 28.6 Å². The lowest BCUT2D eigenvalue weighted by Gasteiger charge is -2.19. The summed E-state index contributed by atoms with van der Waals surface area (Å²) in [6.45, 7) is 6.70. The van der Waals surface area contributed by atoms with Crippen molar-refractivity contribution in [3.8, 4) is 0 Å². The number of aliphatic imine (C=N–C) groups is 2. The summed E-state index contributed by atoms with van der Waals surface area (Å²) in [5.74, 6) is 0. The Bertz CT molecular complexity index is 692. The number of aliphatic hydroxyl groups is 1. The van der Waals surface area contributed by atoms with E-state index in [0.717, 1.165) is 12.0 Å². The Kier molecular flexibility index (Phi) is 8.08. The number of carbonyl (C=O) groups is 1. The molecule has 0 aliphatic rings. The number of halogens is 3. The van der Waals surface area contributed by atoms with E-state index in [2.05, 4.69) is 23.4 Å². The van der Waals surface area contributed by atoms with Gasteiger partial charge in [0.2, 0.25) is 3.79 Å². The Morgan fingerprint density at radius 2 is 1.54 bits per heavy atom. The Morgan fingerprint density at radius 1 is 1.00 bits per heavy atom. The standard InChI is InChI=1S/C9H8Cl3NO.C8H7NO/c1-13-7-4-2-3-6(5-7)8(14)9(10,11)12;1-9-8-4-2-3-7(5-8)6-10/h2-5,8,14H,1H2;2-6H,1H2. The number of benzene rings is 2. The summed E-state index contributed by atoms with van der Waals surface area (Å²) in [6, 6.07) is 13.7. The van der Waals surface area contributed by atoms with Crippen molar-refractivity contribution in [2.45, 2.75) is 9.90 Å². The van der Waals surface area contributed by atoms with Gasteiger partial charge in [-0.1, -0.05) is 59.1 Å². The SMILES string of the molecule is C=Nc1cccc(C(O)C(Cl)(Cl)Cl)c1.C=Nc1cccc(C=O)c1. The van der Waals surface area contributed by atoms with Crippen LogP contribution < -0.4 is 0 Å². The molecule has 0 heterocycles. The number of hydrogen-bond acceptors (Lipinski definition) is 4. The van der Waals surface area contributed by atoms with Crippen LogP contribution in [0.15, 0.2) is 58.5 Å². The zero-order valence-corrected chi connectivity index (χ0v) is 14.8. The van der Waals surface area contributed by atoms with Crippen LogP contribution in [0.3, 0.4) is 0 Å². The van der Waals surface area contributed by atoms with E-state index in [-0.39, 0.29) is 0 Å². The van der Waals surface area contributed by atoms with Crippen LogP contribution in [-0.2, 0) is 0 Å². The third-order valence-corrected chi connectivity index (χ3v) is 3.49. The number of nitrogens with zero attached hydrogens (tertiary/aromatic N) is 2. The van der Waals surface area contributed by atoms with Gasteiger partial charge >= 0.3 is 0 Å². The van der Waals surface area contributed by atoms with Crippen LogP contribution in [0.4, 0.5) is 11.4 Å². The smallest absolute Gasteiger partial charge is 0.220 e. The highest BCUT2D eigenvalue weighted by molar-refractivity contribution is 6.68. The molecule has 2 aromatic rings. The van der Waals surface area contributed by atoms with Gasteiger partial charge in [0.15, 0.2) is 0 Å². The molecule has 0 aliphatic carbocycles. The van der Waals surface area contributed by atoms with Gasteiger partial charge in [-0.15, -0.1) is 0 Å². The first-order chi connectivity index (χ1) is 11.3. The molecular weight excluding hydrogens is 371 g/mol. The maximum atomic E-state index is 10.2. The minimum atomic E-state index is -1.74. The first kappa shape index (κ1) is 20.3. The molecule has 24 heavy (non-hydrogen) atoms. The van der Waals surface area contributed by atoms with Crippen LogP contribution in [0.25, 0.3) is 0 Å². The molecule has 1 unspecified atom stereocenters. The summed E-state index contributed by atoms with van der Waals surface area (Å²) in [5.41, 5.74) is 2.47. The molecule has 126 valence electrons. The van der Waals surface area contributed by atoms with Crippen molar-refractivity contribution in [3.63, 3.8) is 0 Å². The van der Waals surface area contributed by atoms with Gasteiger partial charge in [0.1, 0.15) is 12.4 Å². The van der Waals surface area contributed by atoms with Crippen LogP contribution >= 0.6 is 34.8 Å². The summed E-state index contributed by atoms with van der Waals surface area (Å²) in [5, 5.41) is 9.62. The molecule has 0 saturated carbocycles. The third kappa shape index (κ3) is 6.42. The molecule has 0 saturated heterocycles. The molecule has 0 aliphatic heterocycles. The van der Waals surface area contributed by atoms with E-state index in [1.54, 1.807) is 48.5 Å². The molecule has 7 heteroatoms. The van der Waals surface area contributed by atoms with Gasteiger partial charge < -0.3 is 5.11 Å². The predicted molar refractivity (Wildman–Crippen MR) is 102 cm³/mol. The second kappa shape index (κ2) is 9.55. The number of carbonyl (C=O) groups excluding carboxylic acids is 1. The van der Waals surface area contributed by atoms with Crippen molar-refractivity contribution in [3.05, 3.63) is 59.7 Å². The molecule has 2 rings (SSSR count). The summed E-state index contributed by atoms with van der Waals surface area (Å²) in [6.07, 6.45) is -0.386. The highest BCUT2D eigenvalue weighted by Crippen LogP contribution is 2.40. The Hall–Kier alpha value is -1.72. The van der Waals surface area contributed by atoms with E-state index in [9.17, 15) is 9.90 Å². The second-order valence-corrected chi connectivity index (χ2v) is 6.94. The normalized spacial score (nSPS) is 11.7. The van der Waals surface area contributed by atoms with Crippen LogP contribution in [0.1, 0.15) is 22.0 Å². The van der Waals surface area contributed by atoms with Gasteiger partial charge in [0, 0.05) is 5.56 Å². The van der Waals surface area contributed by atoms with E-state index >= 15 is 0 Å². The topological polar surface area (TPSA) is 62.0 Å². The largest absolute Gasteiger partial charge is 0.384 e. The lowest BCUT2D eigenvalue weighted by molar-refractivity contribution is 0.112. The molecule has 0 bridgehead atoms. The first-order valence-corrected chi connectivity index (χ1v) is 7.78. The zero-order valence-electron chi connectivity index (χ0n) is 12.6. The number of alkyl halides is 3. The van der Waals surface area contributed by atoms with Crippen molar-refractivity contribution in [1.82, 2.24) is 0 Å². The van der Waals surface area contributed by atoms with Gasteiger partial charge in [0.05, 0.1) is 11.4 Å². The minimum Gasteiger partial charge on any atom is -0.384 e. The van der Waals surface area contributed by atoms with Crippen molar-refractivity contribution in [2.24, 2.45) is 9.98 Å². The van der Waals surface area contributed by atoms with Crippen LogP contribution in [0.5, 0.6) is 0 Å². The number of aliphatic hydroxyl groups excluding tert-OH is 1. The monoisotopic (exact) mass is 384 g/mol. The van der Waals surface area contributed by atoms with Gasteiger partial charge in [0.25, 0.3) is 0 Å². The molecule has 0 amide bonds. The molecule has 0 fully saturated rings. The van der Waals surface area contributed by atoms with Crippen molar-refractivity contribution in [1.29, 1.82) is 0 Å². The number of aldehydes is 1. The van der Waals surface area contributed by atoms with Crippen LogP contribution in [0, 0.1) is 0 Å². The fourth-order valence-corrected chi connectivity index (χ4v) is 2.06. The third-order valence-electron chi connectivity index (χ3n) is 2.87. The minimum absolute atomic E-state index is 0.495. The average Bonchev–Trinajstić information content (AvgIpc) is 2.60. The lowest BCUT2D eigenvalue weighted by Crippen LogP contribution is -2.16. The second-order valence-electron chi connectivity index (χ2n) is 4.57. The maximum absolute atomic E-state index is 10.2. The van der Waals surface area contributed by atoms with E-state index in [0.29, 0.717) is 16.8 Å². The lowest BCUT2D eigenvalue weighted by atomic mass is 10.1. The number of hydrogen-bond donors (Lipinski definition) is 1. The summed E-state index contributed by atoms with van der Waals surface area (Å²) in [7, 11) is 0. The summed E-state index contributed by atoms with van der Waals surface area (Å²) < 4.78 is -1.74. The Balaban J connectivity index is 0.000000254. The quantitative estimate of drug-likeness (QED) is 0.443. The van der Waals surface area contributed by atoms with Crippen LogP contribution in [0.2, 0.25) is 0 Å². The average molecular weight is 386 g/mol. The highest BCUT2D eigenvalue weighted by atomic mass is 35.6. The zero-order chi connectivity index (χ0) is 18.2. The summed E-state index contributed by atoms with van der Waals surface area (Å²) in [4.78, 5) is 17.6. The first-order valence-electron chi connectivity index (χ1n) is 6.65. The molecule has 0 radical (unpaired) electrons. The van der Waals surface area contributed by atoms with Crippen molar-refractivity contribution >= 4 is 65.9 Å². The fraction of sp³-hybridized carbons (Fsp3) is 0.118. The van der Waals surface area contributed by atoms with E-state index in [1.165, 1.54) is 0 Å². The molecule has 0 spiro atoms. The molecule has 1 atom stereocenters. The van der Waals surface area contributed by atoms with Crippen molar-refractivity contribution in [2.75, 3.05) is 0 Å². The van der Waals surface area contributed by atoms with Gasteiger partial charge in [-0.2, -0.15) is 0 Å². The summed E-state index contributed by atoms with van der Waals surface area (Å²) >= 11 is 16.6. The van der Waals surface area contributed by atoms with E-state index in [4.69, 9.17) is 34.8 Å². The Labute approximate surface area is 155 Å². The van der Waals surface area contributed by atoms with Gasteiger partial charge in [-0.3, -0.25) is 14.8 Å². The molecule has 2 aromatic carbocycles. The van der Waals surface area contributed by atoms with Crippen molar-refractivity contribution < 1.29 is 9.90 Å². The van der Waals surface area contributed by atoms with E-state index in [1.807, 2.05) is 0 Å². The molecular formula is C17H15Cl3N2O2. The fourth-order valence-electron chi connectivity index (χ4n) is 1.68. The Morgan fingerprint density at radius 3 is 2.04 bits per heavy atom. The molecule has 4 nitrogen and oxygen atoms in total. The van der Waals surface area contributed by atoms with Gasteiger partial charge in [-0.05, 0) is 43.3 Å². The number of rotatable bonds is 4. The predicted octanol–water partition coefficient (Wildman–Crippen LogP) is 5.25.